The van der Waals surface area contributed by atoms with Gasteiger partial charge in [0.1, 0.15) is 11.4 Å². The molecule has 0 saturated heterocycles. The summed E-state index contributed by atoms with van der Waals surface area (Å²) >= 11 is 0. The molecule has 2 aromatic carbocycles. The zero-order valence-corrected chi connectivity index (χ0v) is 15.8. The number of nitro groups is 1. The van der Waals surface area contributed by atoms with Crippen LogP contribution in [-0.4, -0.2) is 16.6 Å². The summed E-state index contributed by atoms with van der Waals surface area (Å²) in [7, 11) is 0. The van der Waals surface area contributed by atoms with E-state index in [2.05, 4.69) is 38.3 Å². The monoisotopic (exact) mass is 369 g/mol. The molecular formula is C20H23N3O4. The number of fused-ring (bicyclic) bond motifs is 1. The first-order chi connectivity index (χ1) is 12.6. The smallest absolute Gasteiger partial charge is 0.323 e. The number of nitro benzene ring substituents is 1. The Labute approximate surface area is 157 Å². The molecule has 2 aromatic rings. The number of carbonyl (C=O) groups is 1. The number of benzene rings is 2. The minimum absolute atomic E-state index is 0.0270. The number of non-ortho nitro benzene ring substituents is 1. The van der Waals surface area contributed by atoms with E-state index in [1.165, 1.54) is 24.3 Å². The van der Waals surface area contributed by atoms with Gasteiger partial charge in [-0.3, -0.25) is 10.1 Å². The summed E-state index contributed by atoms with van der Waals surface area (Å²) in [6, 6.07) is 10.9. The Bertz CT molecular complexity index is 889. The van der Waals surface area contributed by atoms with Crippen LogP contribution in [0.4, 0.5) is 21.9 Å². The van der Waals surface area contributed by atoms with Gasteiger partial charge < -0.3 is 15.4 Å². The van der Waals surface area contributed by atoms with E-state index in [4.69, 9.17) is 4.74 Å². The van der Waals surface area contributed by atoms with Crippen LogP contribution in [0.1, 0.15) is 39.7 Å². The normalized spacial score (nSPS) is 16.6. The Hall–Kier alpha value is -3.09. The van der Waals surface area contributed by atoms with Gasteiger partial charge in [-0.25, -0.2) is 4.79 Å². The second-order valence-electron chi connectivity index (χ2n) is 8.02. The standard InChI is InChI=1S/C20H23N3O4/c1-19(2)12-20(3,4)27-17-10-7-14(11-16(17)19)22-18(24)21-13-5-8-15(9-6-13)23(25)26/h5-11H,12H2,1-4H3,(H2,21,22,24). The molecule has 2 amide bonds. The molecule has 7 heteroatoms. The highest BCUT2D eigenvalue weighted by molar-refractivity contribution is 5.99. The molecule has 0 fully saturated rings. The summed E-state index contributed by atoms with van der Waals surface area (Å²) in [5, 5.41) is 16.1. The maximum Gasteiger partial charge on any atom is 0.323 e. The van der Waals surface area contributed by atoms with Crippen LogP contribution in [0.3, 0.4) is 0 Å². The van der Waals surface area contributed by atoms with Gasteiger partial charge in [-0.05, 0) is 56.0 Å². The Morgan fingerprint density at radius 2 is 1.63 bits per heavy atom. The molecule has 27 heavy (non-hydrogen) atoms. The lowest BCUT2D eigenvalue weighted by molar-refractivity contribution is -0.384. The predicted octanol–water partition coefficient (Wildman–Crippen LogP) is 5.08. The van der Waals surface area contributed by atoms with Gasteiger partial charge in [0.05, 0.1) is 4.92 Å². The molecule has 0 aromatic heterocycles. The Kier molecular flexibility index (Phi) is 4.55. The van der Waals surface area contributed by atoms with Crippen LogP contribution in [0.2, 0.25) is 0 Å². The van der Waals surface area contributed by atoms with E-state index < -0.39 is 11.0 Å². The largest absolute Gasteiger partial charge is 0.488 e. The van der Waals surface area contributed by atoms with Crippen LogP contribution in [0, 0.1) is 10.1 Å². The van der Waals surface area contributed by atoms with Crippen molar-refractivity contribution in [3.8, 4) is 5.75 Å². The van der Waals surface area contributed by atoms with E-state index in [1.54, 1.807) is 6.07 Å². The first-order valence-corrected chi connectivity index (χ1v) is 8.72. The van der Waals surface area contributed by atoms with Crippen molar-refractivity contribution in [2.75, 3.05) is 10.6 Å². The molecule has 0 bridgehead atoms. The Balaban J connectivity index is 1.73. The molecule has 3 rings (SSSR count). The van der Waals surface area contributed by atoms with Gasteiger partial charge >= 0.3 is 6.03 Å². The summed E-state index contributed by atoms with van der Waals surface area (Å²) in [5.41, 5.74) is 1.84. The van der Waals surface area contributed by atoms with E-state index in [0.29, 0.717) is 11.4 Å². The minimum atomic E-state index is -0.484. The summed E-state index contributed by atoms with van der Waals surface area (Å²) in [5.74, 6) is 0.831. The molecule has 7 nitrogen and oxygen atoms in total. The van der Waals surface area contributed by atoms with Gasteiger partial charge in [0.15, 0.2) is 0 Å². The molecule has 1 aliphatic heterocycles. The average Bonchev–Trinajstić information content (AvgIpc) is 2.54. The second-order valence-corrected chi connectivity index (χ2v) is 8.02. The first kappa shape index (κ1) is 18.7. The summed E-state index contributed by atoms with van der Waals surface area (Å²) in [6.45, 7) is 8.47. The van der Waals surface area contributed by atoms with Crippen LogP contribution in [0.5, 0.6) is 5.75 Å². The van der Waals surface area contributed by atoms with E-state index in [0.717, 1.165) is 17.7 Å². The van der Waals surface area contributed by atoms with Gasteiger partial charge in [0, 0.05) is 29.1 Å². The van der Waals surface area contributed by atoms with Crippen molar-refractivity contribution in [2.45, 2.75) is 45.1 Å². The molecule has 1 heterocycles. The van der Waals surface area contributed by atoms with Crippen molar-refractivity contribution in [3.63, 3.8) is 0 Å². The fourth-order valence-corrected chi connectivity index (χ4v) is 3.68. The van der Waals surface area contributed by atoms with Gasteiger partial charge in [-0.15, -0.1) is 0 Å². The van der Waals surface area contributed by atoms with Crippen molar-refractivity contribution in [1.29, 1.82) is 0 Å². The zero-order chi connectivity index (χ0) is 19.8. The first-order valence-electron chi connectivity index (χ1n) is 8.72. The highest BCUT2D eigenvalue weighted by Crippen LogP contribution is 2.45. The van der Waals surface area contributed by atoms with Crippen molar-refractivity contribution in [3.05, 3.63) is 58.1 Å². The molecule has 142 valence electrons. The number of hydrogen-bond acceptors (Lipinski definition) is 4. The molecule has 2 N–H and O–H groups in total. The lowest BCUT2D eigenvalue weighted by atomic mass is 9.73. The topological polar surface area (TPSA) is 93.5 Å². The number of nitrogens with one attached hydrogen (secondary N) is 2. The summed E-state index contributed by atoms with van der Waals surface area (Å²) < 4.78 is 6.06. The molecule has 0 saturated carbocycles. The molecule has 0 spiro atoms. The number of ether oxygens (including phenoxy) is 1. The van der Waals surface area contributed by atoms with E-state index in [-0.39, 0.29) is 16.7 Å². The van der Waals surface area contributed by atoms with Crippen LogP contribution in [-0.2, 0) is 5.41 Å². The van der Waals surface area contributed by atoms with Crippen molar-refractivity contribution < 1.29 is 14.5 Å². The molecule has 0 aliphatic carbocycles. The van der Waals surface area contributed by atoms with Gasteiger partial charge in [-0.2, -0.15) is 0 Å². The van der Waals surface area contributed by atoms with Crippen LogP contribution < -0.4 is 15.4 Å². The van der Waals surface area contributed by atoms with Crippen molar-refractivity contribution >= 4 is 23.1 Å². The Morgan fingerprint density at radius 1 is 1.04 bits per heavy atom. The molecule has 0 radical (unpaired) electrons. The van der Waals surface area contributed by atoms with Gasteiger partial charge in [-0.1, -0.05) is 13.8 Å². The SMILES string of the molecule is CC1(C)CC(C)(C)c2cc(NC(=O)Nc3ccc([N+](=O)[O-])cc3)ccc2O1. The van der Waals surface area contributed by atoms with Crippen molar-refractivity contribution in [1.82, 2.24) is 0 Å². The third-order valence-electron chi connectivity index (χ3n) is 4.56. The molecule has 1 aliphatic rings. The van der Waals surface area contributed by atoms with Gasteiger partial charge in [0.25, 0.3) is 5.69 Å². The van der Waals surface area contributed by atoms with Crippen LogP contribution >= 0.6 is 0 Å². The van der Waals surface area contributed by atoms with Crippen LogP contribution in [0.25, 0.3) is 0 Å². The maximum atomic E-state index is 12.2. The number of nitrogens with zero attached hydrogens (tertiary/aromatic N) is 1. The fourth-order valence-electron chi connectivity index (χ4n) is 3.68. The minimum Gasteiger partial charge on any atom is -0.488 e. The number of rotatable bonds is 3. The summed E-state index contributed by atoms with van der Waals surface area (Å²) in [4.78, 5) is 22.4. The van der Waals surface area contributed by atoms with E-state index in [1.807, 2.05) is 12.1 Å². The molecule has 0 atom stereocenters. The quantitative estimate of drug-likeness (QED) is 0.583. The number of hydrogen-bond donors (Lipinski definition) is 2. The van der Waals surface area contributed by atoms with Crippen LogP contribution in [0.15, 0.2) is 42.5 Å². The zero-order valence-electron chi connectivity index (χ0n) is 15.8. The third-order valence-corrected chi connectivity index (χ3v) is 4.56. The highest BCUT2D eigenvalue weighted by atomic mass is 16.6. The molecule has 0 unspecified atom stereocenters. The Morgan fingerprint density at radius 3 is 2.26 bits per heavy atom. The lowest BCUT2D eigenvalue weighted by Crippen LogP contribution is -2.41. The van der Waals surface area contributed by atoms with Crippen molar-refractivity contribution in [2.24, 2.45) is 0 Å². The van der Waals surface area contributed by atoms with E-state index in [9.17, 15) is 14.9 Å². The predicted molar refractivity (Wildman–Crippen MR) is 105 cm³/mol. The van der Waals surface area contributed by atoms with Gasteiger partial charge in [0.2, 0.25) is 0 Å². The summed E-state index contributed by atoms with van der Waals surface area (Å²) in [6.07, 6.45) is 0.867. The third kappa shape index (κ3) is 4.19. The molecular weight excluding hydrogens is 346 g/mol. The number of amides is 2. The number of carbonyl (C=O) groups excluding carboxylic acids is 1. The highest BCUT2D eigenvalue weighted by Gasteiger charge is 2.39. The number of urea groups is 1. The average molecular weight is 369 g/mol. The second kappa shape index (κ2) is 6.57. The number of anilines is 2. The van der Waals surface area contributed by atoms with E-state index >= 15 is 0 Å². The fraction of sp³-hybridized carbons (Fsp3) is 0.350. The maximum absolute atomic E-state index is 12.2. The lowest BCUT2D eigenvalue weighted by Gasteiger charge is -2.42.